The summed E-state index contributed by atoms with van der Waals surface area (Å²) in [7, 11) is -1.82. The number of hydrogen-bond acceptors (Lipinski definition) is 3. The molecular weight excluding hydrogens is 420 g/mol. The van der Waals surface area contributed by atoms with Gasteiger partial charge in [-0.25, -0.2) is 8.93 Å². The molecule has 7 heteroatoms. The van der Waals surface area contributed by atoms with E-state index in [-0.39, 0.29) is 11.1 Å². The van der Waals surface area contributed by atoms with Gasteiger partial charge >= 0.3 is 5.92 Å². The molecule has 0 aliphatic rings. The predicted octanol–water partition coefficient (Wildman–Crippen LogP) is 5.79. The Labute approximate surface area is 186 Å². The summed E-state index contributed by atoms with van der Waals surface area (Å²) in [4.78, 5) is 12.8. The van der Waals surface area contributed by atoms with Crippen molar-refractivity contribution in [1.29, 1.82) is 0 Å². The molecule has 0 saturated carbocycles. The number of rotatable bonds is 10. The van der Waals surface area contributed by atoms with Gasteiger partial charge in [-0.2, -0.15) is 8.78 Å². The lowest BCUT2D eigenvalue weighted by Gasteiger charge is -2.30. The number of benzene rings is 2. The van der Waals surface area contributed by atoms with Crippen LogP contribution < -0.4 is 9.46 Å². The van der Waals surface area contributed by atoms with Crippen LogP contribution >= 0.6 is 0 Å². The van der Waals surface area contributed by atoms with E-state index in [1.54, 1.807) is 45.0 Å². The molecule has 2 aromatic carbocycles. The molecule has 4 nitrogen and oxygen atoms in total. The van der Waals surface area contributed by atoms with Gasteiger partial charge in [0.05, 0.1) is 22.3 Å². The number of carbonyl (C=O) groups is 1. The first-order chi connectivity index (χ1) is 14.5. The highest BCUT2D eigenvalue weighted by atomic mass is 32.2. The zero-order chi connectivity index (χ0) is 23.2. The Morgan fingerprint density at radius 1 is 1.06 bits per heavy atom. The lowest BCUT2D eigenvalue weighted by molar-refractivity contribution is -0.0109. The number of aryl methyl sites for hydroxylation is 1. The maximum atomic E-state index is 15.5. The van der Waals surface area contributed by atoms with Gasteiger partial charge in [-0.05, 0) is 51.8 Å². The third-order valence-corrected chi connectivity index (χ3v) is 6.30. The first-order valence-corrected chi connectivity index (χ1v) is 11.5. The maximum absolute atomic E-state index is 15.5. The summed E-state index contributed by atoms with van der Waals surface area (Å²) in [5.41, 5.74) is 0.927. The molecule has 0 saturated heterocycles. The molecule has 0 radical (unpaired) electrons. The normalized spacial score (nSPS) is 14.2. The second-order valence-corrected chi connectivity index (χ2v) is 10.5. The van der Waals surface area contributed by atoms with E-state index in [1.165, 1.54) is 24.3 Å². The van der Waals surface area contributed by atoms with Crippen LogP contribution in [0.25, 0.3) is 0 Å². The van der Waals surface area contributed by atoms with Crippen LogP contribution in [-0.4, -0.2) is 27.3 Å². The van der Waals surface area contributed by atoms with Crippen LogP contribution in [0.5, 0.6) is 5.75 Å². The molecule has 2 atom stereocenters. The van der Waals surface area contributed by atoms with Gasteiger partial charge in [-0.15, -0.1) is 0 Å². The molecule has 2 unspecified atom stereocenters. The third kappa shape index (κ3) is 6.68. The van der Waals surface area contributed by atoms with Crippen LogP contribution in [0.4, 0.5) is 8.78 Å². The molecule has 0 aliphatic heterocycles. The van der Waals surface area contributed by atoms with Gasteiger partial charge in [0.15, 0.2) is 0 Å². The lowest BCUT2D eigenvalue weighted by atomic mass is 9.94. The Kier molecular flexibility index (Phi) is 8.49. The summed E-state index contributed by atoms with van der Waals surface area (Å²) >= 11 is 0. The molecule has 2 aromatic rings. The third-order valence-electron chi connectivity index (χ3n) is 4.74. The molecule has 170 valence electrons. The van der Waals surface area contributed by atoms with Gasteiger partial charge in [0.25, 0.3) is 0 Å². The average Bonchev–Trinajstić information content (AvgIpc) is 2.72. The van der Waals surface area contributed by atoms with Crippen molar-refractivity contribution in [3.8, 4) is 5.75 Å². The standard InChI is InChI=1S/C24H31F2NO3S/c1-6-7-16-30-20-14-12-18(13-15-20)21(27-31(29)23(3,4)5)24(25,26)22(28)19-10-8-17(2)9-11-19/h8-15,21,27H,6-7,16H2,1-5H3. The van der Waals surface area contributed by atoms with Gasteiger partial charge in [0.1, 0.15) is 11.8 Å². The maximum Gasteiger partial charge on any atom is 0.329 e. The van der Waals surface area contributed by atoms with E-state index in [9.17, 15) is 9.00 Å². The Balaban J connectivity index is 2.38. The number of Topliss-reactive ketones (excluding diaryl/α,β-unsaturated/α-hetero) is 1. The average molecular weight is 452 g/mol. The molecule has 31 heavy (non-hydrogen) atoms. The number of unbranched alkanes of at least 4 members (excludes halogenated alkanes) is 1. The van der Waals surface area contributed by atoms with Crippen LogP contribution in [0, 0.1) is 6.92 Å². The highest BCUT2D eigenvalue weighted by molar-refractivity contribution is 7.84. The van der Waals surface area contributed by atoms with Gasteiger partial charge < -0.3 is 4.74 Å². The number of ketones is 1. The number of ether oxygens (including phenoxy) is 1. The molecule has 0 aromatic heterocycles. The molecule has 0 bridgehead atoms. The fourth-order valence-electron chi connectivity index (χ4n) is 2.75. The minimum absolute atomic E-state index is 0.0940. The fourth-order valence-corrected chi connectivity index (χ4v) is 3.61. The SMILES string of the molecule is CCCCOc1ccc(C(NS(=O)C(C)(C)C)C(F)(F)C(=O)c2ccc(C)cc2)cc1. The Bertz CT molecular complexity index is 891. The largest absolute Gasteiger partial charge is 0.494 e. The molecule has 0 heterocycles. The molecule has 0 spiro atoms. The minimum Gasteiger partial charge on any atom is -0.494 e. The second kappa shape index (κ2) is 10.5. The smallest absolute Gasteiger partial charge is 0.329 e. The Hall–Kier alpha value is -2.12. The second-order valence-electron chi connectivity index (χ2n) is 8.52. The molecule has 0 aliphatic carbocycles. The first kappa shape index (κ1) is 25.1. The highest BCUT2D eigenvalue weighted by Gasteiger charge is 2.49. The van der Waals surface area contributed by atoms with E-state index < -0.39 is 33.5 Å². The number of carbonyl (C=O) groups excluding carboxylic acids is 1. The summed E-state index contributed by atoms with van der Waals surface area (Å²) in [6, 6.07) is 10.4. The van der Waals surface area contributed by atoms with Crippen LogP contribution in [-0.2, 0) is 11.0 Å². The van der Waals surface area contributed by atoms with Crippen molar-refractivity contribution < 1.29 is 22.5 Å². The van der Waals surface area contributed by atoms with Crippen LogP contribution in [0.1, 0.15) is 68.1 Å². The highest BCUT2D eigenvalue weighted by Crippen LogP contribution is 2.36. The molecule has 0 fully saturated rings. The van der Waals surface area contributed by atoms with Crippen molar-refractivity contribution in [2.24, 2.45) is 0 Å². The molecule has 0 amide bonds. The van der Waals surface area contributed by atoms with Crippen molar-refractivity contribution in [2.75, 3.05) is 6.61 Å². The van der Waals surface area contributed by atoms with E-state index >= 15 is 8.78 Å². The fraction of sp³-hybridized carbons (Fsp3) is 0.458. The van der Waals surface area contributed by atoms with Crippen molar-refractivity contribution in [1.82, 2.24) is 4.72 Å². The topological polar surface area (TPSA) is 55.4 Å². The molecule has 2 rings (SSSR count). The van der Waals surface area contributed by atoms with Crippen molar-refractivity contribution in [3.63, 3.8) is 0 Å². The quantitative estimate of drug-likeness (QED) is 0.368. The summed E-state index contributed by atoms with van der Waals surface area (Å²) in [6.07, 6.45) is 1.87. The molecule has 1 N–H and O–H groups in total. The predicted molar refractivity (Wildman–Crippen MR) is 121 cm³/mol. The minimum atomic E-state index is -3.82. The van der Waals surface area contributed by atoms with Gasteiger partial charge in [-0.1, -0.05) is 55.3 Å². The Morgan fingerprint density at radius 3 is 2.16 bits per heavy atom. The van der Waals surface area contributed by atoms with E-state index in [0.29, 0.717) is 12.4 Å². The van der Waals surface area contributed by atoms with E-state index in [1.807, 2.05) is 13.8 Å². The van der Waals surface area contributed by atoms with Gasteiger partial charge in [-0.3, -0.25) is 4.79 Å². The lowest BCUT2D eigenvalue weighted by Crippen LogP contribution is -2.47. The number of hydrogen-bond donors (Lipinski definition) is 1. The van der Waals surface area contributed by atoms with E-state index in [0.717, 1.165) is 18.4 Å². The van der Waals surface area contributed by atoms with Gasteiger partial charge in [0.2, 0.25) is 5.78 Å². The first-order valence-electron chi connectivity index (χ1n) is 10.4. The van der Waals surface area contributed by atoms with Crippen LogP contribution in [0.2, 0.25) is 0 Å². The summed E-state index contributed by atoms with van der Waals surface area (Å²) in [5.74, 6) is -4.58. The monoisotopic (exact) mass is 451 g/mol. The van der Waals surface area contributed by atoms with Crippen LogP contribution in [0.15, 0.2) is 48.5 Å². The Morgan fingerprint density at radius 2 is 1.65 bits per heavy atom. The van der Waals surface area contributed by atoms with Crippen molar-refractivity contribution in [3.05, 3.63) is 65.2 Å². The van der Waals surface area contributed by atoms with Gasteiger partial charge in [0, 0.05) is 5.56 Å². The number of alkyl halides is 2. The van der Waals surface area contributed by atoms with E-state index in [2.05, 4.69) is 4.72 Å². The zero-order valence-electron chi connectivity index (χ0n) is 18.7. The van der Waals surface area contributed by atoms with Crippen molar-refractivity contribution >= 4 is 16.8 Å². The number of nitrogens with one attached hydrogen (secondary N) is 1. The summed E-state index contributed by atoms with van der Waals surface area (Å²) < 4.78 is 50.9. The zero-order valence-corrected chi connectivity index (χ0v) is 19.5. The molecular formula is C24H31F2NO3S. The summed E-state index contributed by atoms with van der Waals surface area (Å²) in [5, 5.41) is 0. The van der Waals surface area contributed by atoms with Crippen molar-refractivity contribution in [2.45, 2.75) is 64.2 Å². The number of halogens is 2. The van der Waals surface area contributed by atoms with E-state index in [4.69, 9.17) is 4.74 Å². The van der Waals surface area contributed by atoms with Crippen LogP contribution in [0.3, 0.4) is 0 Å². The summed E-state index contributed by atoms with van der Waals surface area (Å²) in [6.45, 7) is 9.43.